The standard InChI is InChI=1S/C79H154O17P2/c1-7-10-12-14-16-18-37-43-49-55-61-76(81)89-67-74(95-78(83)63-57-51-45-38-19-17-15-13-11-8-2)69-93-97(85,86)91-65-73(80)66-92-98(87,88)94-70-75(68-90-77(82)62-56-50-44-39-33-30-26-27-31-35-41-47-53-59-71(4)5)96-79(84)64-58-52-46-40-34-29-25-23-21-20-22-24-28-32-36-42-48-54-60-72(6)9-3/h71-75,80H,7-70H2,1-6H3,(H,85,86)(H,87,88)/t72?,73-,74+,75+/m0/s1. The SMILES string of the molecule is CCCCCCCCCCCCC(=O)OC[C@H](COP(=O)(O)OC[C@H](O)COP(=O)(O)OC[C@@H](COC(=O)CCCCCCCCCCCCCCCC(C)C)OC(=O)CCCCCCCCCCCCCCCCCCCCC(C)CC)OC(=O)CCCCCCCCCCCC. The van der Waals surface area contributed by atoms with Crippen molar-refractivity contribution in [1.82, 2.24) is 0 Å². The van der Waals surface area contributed by atoms with Crippen LogP contribution in [0.15, 0.2) is 0 Å². The summed E-state index contributed by atoms with van der Waals surface area (Å²) in [5, 5.41) is 10.6. The average Bonchev–Trinajstić information content (AvgIpc) is 1.07. The minimum Gasteiger partial charge on any atom is -0.462 e. The molecule has 0 rings (SSSR count). The van der Waals surface area contributed by atoms with E-state index in [1.165, 1.54) is 231 Å². The van der Waals surface area contributed by atoms with Gasteiger partial charge in [-0.3, -0.25) is 37.3 Å². The Kier molecular flexibility index (Phi) is 69.3. The van der Waals surface area contributed by atoms with Gasteiger partial charge in [0.2, 0.25) is 0 Å². The fourth-order valence-corrected chi connectivity index (χ4v) is 13.7. The first-order chi connectivity index (χ1) is 47.4. The van der Waals surface area contributed by atoms with Gasteiger partial charge in [-0.05, 0) is 37.5 Å². The monoisotopic (exact) mass is 1440 g/mol. The van der Waals surface area contributed by atoms with E-state index in [-0.39, 0.29) is 25.7 Å². The lowest BCUT2D eigenvalue weighted by molar-refractivity contribution is -0.161. The Morgan fingerprint density at radius 2 is 0.520 bits per heavy atom. The van der Waals surface area contributed by atoms with Gasteiger partial charge in [0.05, 0.1) is 26.4 Å². The number of carbonyl (C=O) groups excluding carboxylic acids is 4. The Morgan fingerprint density at radius 3 is 0.776 bits per heavy atom. The second-order valence-electron chi connectivity index (χ2n) is 29.2. The summed E-state index contributed by atoms with van der Waals surface area (Å²) in [6, 6.07) is 0. The third kappa shape index (κ3) is 71.1. The number of hydrogen-bond acceptors (Lipinski definition) is 15. The molecule has 0 aromatic carbocycles. The van der Waals surface area contributed by atoms with E-state index in [2.05, 4.69) is 41.5 Å². The summed E-state index contributed by atoms with van der Waals surface area (Å²) in [4.78, 5) is 72.8. The van der Waals surface area contributed by atoms with Crippen molar-refractivity contribution in [3.8, 4) is 0 Å². The minimum absolute atomic E-state index is 0.107. The number of aliphatic hydroxyl groups is 1. The number of aliphatic hydroxyl groups excluding tert-OH is 1. The van der Waals surface area contributed by atoms with Crippen LogP contribution in [-0.2, 0) is 65.4 Å². The minimum atomic E-state index is -4.96. The molecule has 6 atom stereocenters. The van der Waals surface area contributed by atoms with Crippen LogP contribution in [0.1, 0.15) is 414 Å². The second-order valence-corrected chi connectivity index (χ2v) is 32.1. The van der Waals surface area contributed by atoms with Gasteiger partial charge in [-0.1, -0.05) is 363 Å². The maximum absolute atomic E-state index is 13.1. The summed E-state index contributed by atoms with van der Waals surface area (Å²) in [7, 11) is -9.91. The number of rotatable bonds is 78. The maximum Gasteiger partial charge on any atom is 0.472 e. The molecule has 17 nitrogen and oxygen atoms in total. The molecule has 0 heterocycles. The lowest BCUT2D eigenvalue weighted by Gasteiger charge is -2.21. The van der Waals surface area contributed by atoms with Crippen LogP contribution >= 0.6 is 15.6 Å². The third-order valence-electron chi connectivity index (χ3n) is 18.8. The highest BCUT2D eigenvalue weighted by Gasteiger charge is 2.30. The largest absolute Gasteiger partial charge is 0.472 e. The Morgan fingerprint density at radius 1 is 0.296 bits per heavy atom. The second kappa shape index (κ2) is 70.7. The third-order valence-corrected chi connectivity index (χ3v) is 20.7. The van der Waals surface area contributed by atoms with Crippen molar-refractivity contribution in [3.05, 3.63) is 0 Å². The lowest BCUT2D eigenvalue weighted by Crippen LogP contribution is -2.30. The van der Waals surface area contributed by atoms with E-state index in [0.29, 0.717) is 25.7 Å². The van der Waals surface area contributed by atoms with Crippen LogP contribution in [0.3, 0.4) is 0 Å². The van der Waals surface area contributed by atoms with Crippen LogP contribution < -0.4 is 0 Å². The van der Waals surface area contributed by atoms with E-state index in [9.17, 15) is 43.2 Å². The molecule has 0 saturated heterocycles. The van der Waals surface area contributed by atoms with Crippen LogP contribution in [-0.4, -0.2) is 96.7 Å². The predicted octanol–water partition coefficient (Wildman–Crippen LogP) is 23.5. The molecule has 0 aromatic heterocycles. The van der Waals surface area contributed by atoms with Gasteiger partial charge in [-0.25, -0.2) is 9.13 Å². The first-order valence-corrected chi connectivity index (χ1v) is 44.0. The van der Waals surface area contributed by atoms with Crippen molar-refractivity contribution in [2.45, 2.75) is 432 Å². The summed E-state index contributed by atoms with van der Waals surface area (Å²) in [6.07, 6.45) is 59.6. The zero-order chi connectivity index (χ0) is 72.1. The topological polar surface area (TPSA) is 237 Å². The van der Waals surface area contributed by atoms with Gasteiger partial charge in [0.15, 0.2) is 12.2 Å². The summed E-state index contributed by atoms with van der Waals surface area (Å²) < 4.78 is 68.6. The lowest BCUT2D eigenvalue weighted by atomic mass is 9.99. The van der Waals surface area contributed by atoms with Crippen LogP contribution in [0.25, 0.3) is 0 Å². The molecule has 582 valence electrons. The van der Waals surface area contributed by atoms with E-state index in [1.54, 1.807) is 0 Å². The van der Waals surface area contributed by atoms with Crippen molar-refractivity contribution < 1.29 is 80.2 Å². The quantitative estimate of drug-likeness (QED) is 0.0222. The number of unbranched alkanes of at least 4 members (excludes halogenated alkanes) is 47. The molecule has 0 aliphatic heterocycles. The highest BCUT2D eigenvalue weighted by atomic mass is 31.2. The molecular weight excluding hydrogens is 1280 g/mol. The van der Waals surface area contributed by atoms with Gasteiger partial charge >= 0.3 is 39.5 Å². The number of carbonyl (C=O) groups is 4. The van der Waals surface area contributed by atoms with Crippen molar-refractivity contribution in [2.75, 3.05) is 39.6 Å². The van der Waals surface area contributed by atoms with Crippen LogP contribution in [0.2, 0.25) is 0 Å². The van der Waals surface area contributed by atoms with E-state index >= 15 is 0 Å². The molecule has 0 aliphatic carbocycles. The first-order valence-electron chi connectivity index (χ1n) is 41.0. The number of hydrogen-bond donors (Lipinski definition) is 3. The zero-order valence-electron chi connectivity index (χ0n) is 64.1. The van der Waals surface area contributed by atoms with Crippen molar-refractivity contribution in [1.29, 1.82) is 0 Å². The number of phosphoric acid groups is 2. The first kappa shape index (κ1) is 96.1. The molecule has 98 heavy (non-hydrogen) atoms. The van der Waals surface area contributed by atoms with E-state index in [4.69, 9.17) is 37.0 Å². The molecule has 19 heteroatoms. The van der Waals surface area contributed by atoms with Crippen molar-refractivity contribution in [2.24, 2.45) is 11.8 Å². The van der Waals surface area contributed by atoms with E-state index in [1.807, 2.05) is 0 Å². The number of esters is 4. The zero-order valence-corrected chi connectivity index (χ0v) is 65.9. The fraction of sp³-hybridized carbons (Fsp3) is 0.949. The van der Waals surface area contributed by atoms with Gasteiger partial charge in [0.25, 0.3) is 0 Å². The highest BCUT2D eigenvalue weighted by molar-refractivity contribution is 7.47. The highest BCUT2D eigenvalue weighted by Crippen LogP contribution is 2.45. The molecule has 0 aliphatic rings. The van der Waals surface area contributed by atoms with E-state index < -0.39 is 97.5 Å². The molecule has 0 bridgehead atoms. The molecule has 0 saturated carbocycles. The van der Waals surface area contributed by atoms with E-state index in [0.717, 1.165) is 102 Å². The van der Waals surface area contributed by atoms with Gasteiger partial charge in [-0.2, -0.15) is 0 Å². The van der Waals surface area contributed by atoms with Gasteiger partial charge in [0.1, 0.15) is 19.3 Å². The fourth-order valence-electron chi connectivity index (χ4n) is 12.2. The Bertz CT molecular complexity index is 1890. The van der Waals surface area contributed by atoms with Gasteiger partial charge < -0.3 is 33.8 Å². The van der Waals surface area contributed by atoms with Crippen LogP contribution in [0.5, 0.6) is 0 Å². The van der Waals surface area contributed by atoms with Crippen molar-refractivity contribution in [3.63, 3.8) is 0 Å². The van der Waals surface area contributed by atoms with Gasteiger partial charge in [-0.15, -0.1) is 0 Å². The van der Waals surface area contributed by atoms with Gasteiger partial charge in [0, 0.05) is 25.7 Å². The summed E-state index contributed by atoms with van der Waals surface area (Å²) in [5.41, 5.74) is 0. The molecular formula is C79H154O17P2. The predicted molar refractivity (Wildman–Crippen MR) is 400 cm³/mol. The molecule has 0 fully saturated rings. The normalized spacial score (nSPS) is 14.2. The molecule has 3 unspecified atom stereocenters. The molecule has 0 radical (unpaired) electrons. The summed E-state index contributed by atoms with van der Waals surface area (Å²) in [6.45, 7) is 9.68. The Balaban J connectivity index is 5.18. The molecule has 0 aromatic rings. The smallest absolute Gasteiger partial charge is 0.462 e. The molecule has 0 amide bonds. The average molecular weight is 1440 g/mol. The summed E-state index contributed by atoms with van der Waals surface area (Å²) >= 11 is 0. The Hall–Kier alpha value is -1.94. The number of phosphoric ester groups is 2. The van der Waals surface area contributed by atoms with Crippen molar-refractivity contribution >= 4 is 39.5 Å². The van der Waals surface area contributed by atoms with Crippen LogP contribution in [0, 0.1) is 11.8 Å². The Labute approximate surface area is 600 Å². The van der Waals surface area contributed by atoms with Crippen LogP contribution in [0.4, 0.5) is 0 Å². The summed E-state index contributed by atoms with van der Waals surface area (Å²) in [5.74, 6) is -0.450. The number of ether oxygens (including phenoxy) is 4. The maximum atomic E-state index is 13.1. The molecule has 3 N–H and O–H groups in total. The molecule has 0 spiro atoms.